The summed E-state index contributed by atoms with van der Waals surface area (Å²) in [6.07, 6.45) is 3.82. The number of halogens is 1. The Morgan fingerprint density at radius 3 is 2.85 bits per heavy atom. The standard InChI is InChI=1S/C14H18FN5/c1-3-7-17-14-18-9-11(15)13(20-14)19-10(2)12-6-4-5-8-16-12/h4-6,8-10H,3,7H2,1-2H3,(H2,17,18,19,20). The van der Waals surface area contributed by atoms with E-state index in [1.54, 1.807) is 6.20 Å². The molecular weight excluding hydrogens is 257 g/mol. The zero-order valence-corrected chi connectivity index (χ0v) is 11.6. The van der Waals surface area contributed by atoms with Crippen molar-refractivity contribution in [3.05, 3.63) is 42.1 Å². The zero-order chi connectivity index (χ0) is 14.4. The summed E-state index contributed by atoms with van der Waals surface area (Å²) in [6, 6.07) is 5.48. The molecule has 2 aromatic rings. The van der Waals surface area contributed by atoms with Crippen LogP contribution in [0, 0.1) is 5.82 Å². The molecule has 20 heavy (non-hydrogen) atoms. The largest absolute Gasteiger partial charge is 0.359 e. The van der Waals surface area contributed by atoms with Gasteiger partial charge in [0, 0.05) is 12.7 Å². The first-order valence-electron chi connectivity index (χ1n) is 6.64. The lowest BCUT2D eigenvalue weighted by atomic mass is 10.2. The van der Waals surface area contributed by atoms with Gasteiger partial charge in [0.2, 0.25) is 5.95 Å². The average molecular weight is 275 g/mol. The summed E-state index contributed by atoms with van der Waals surface area (Å²) in [7, 11) is 0. The van der Waals surface area contributed by atoms with E-state index in [0.717, 1.165) is 18.7 Å². The van der Waals surface area contributed by atoms with E-state index < -0.39 is 5.82 Å². The first-order valence-corrected chi connectivity index (χ1v) is 6.64. The van der Waals surface area contributed by atoms with Crippen LogP contribution in [-0.4, -0.2) is 21.5 Å². The van der Waals surface area contributed by atoms with E-state index in [-0.39, 0.29) is 11.9 Å². The average Bonchev–Trinajstić information content (AvgIpc) is 2.49. The Balaban J connectivity index is 2.11. The molecular formula is C14H18FN5. The Morgan fingerprint density at radius 2 is 2.15 bits per heavy atom. The van der Waals surface area contributed by atoms with E-state index in [1.807, 2.05) is 32.0 Å². The van der Waals surface area contributed by atoms with Gasteiger partial charge >= 0.3 is 0 Å². The van der Waals surface area contributed by atoms with Gasteiger partial charge in [0.1, 0.15) is 0 Å². The molecule has 1 atom stereocenters. The van der Waals surface area contributed by atoms with E-state index in [9.17, 15) is 4.39 Å². The summed E-state index contributed by atoms with van der Waals surface area (Å²) in [5.74, 6) is 0.121. The van der Waals surface area contributed by atoms with Gasteiger partial charge in [0.05, 0.1) is 17.9 Å². The SMILES string of the molecule is CCCNc1ncc(F)c(NC(C)c2ccccn2)n1. The lowest BCUT2D eigenvalue weighted by Crippen LogP contribution is -2.13. The van der Waals surface area contributed by atoms with Gasteiger partial charge in [-0.3, -0.25) is 4.98 Å². The van der Waals surface area contributed by atoms with E-state index in [2.05, 4.69) is 25.6 Å². The van der Waals surface area contributed by atoms with Crippen molar-refractivity contribution in [2.24, 2.45) is 0 Å². The smallest absolute Gasteiger partial charge is 0.224 e. The van der Waals surface area contributed by atoms with Crippen LogP contribution in [0.15, 0.2) is 30.6 Å². The Bertz CT molecular complexity index is 547. The monoisotopic (exact) mass is 275 g/mol. The van der Waals surface area contributed by atoms with Crippen molar-refractivity contribution in [2.75, 3.05) is 17.2 Å². The second-order valence-electron chi connectivity index (χ2n) is 4.44. The van der Waals surface area contributed by atoms with Gasteiger partial charge in [0.25, 0.3) is 0 Å². The van der Waals surface area contributed by atoms with Crippen LogP contribution in [-0.2, 0) is 0 Å². The summed E-state index contributed by atoms with van der Waals surface area (Å²) in [6.45, 7) is 4.70. The molecule has 0 aliphatic heterocycles. The minimum absolute atomic E-state index is 0.139. The number of hydrogen-bond acceptors (Lipinski definition) is 5. The maximum absolute atomic E-state index is 13.7. The van der Waals surface area contributed by atoms with Crippen LogP contribution >= 0.6 is 0 Å². The maximum Gasteiger partial charge on any atom is 0.224 e. The van der Waals surface area contributed by atoms with Gasteiger partial charge in [-0.1, -0.05) is 13.0 Å². The molecule has 0 aliphatic rings. The molecule has 106 valence electrons. The fraction of sp³-hybridized carbons (Fsp3) is 0.357. The fourth-order valence-corrected chi connectivity index (χ4v) is 1.70. The highest BCUT2D eigenvalue weighted by atomic mass is 19.1. The Hall–Kier alpha value is -2.24. The highest BCUT2D eigenvalue weighted by molar-refractivity contribution is 5.42. The minimum atomic E-state index is -0.477. The van der Waals surface area contributed by atoms with Crippen molar-refractivity contribution in [1.82, 2.24) is 15.0 Å². The van der Waals surface area contributed by atoms with Crippen molar-refractivity contribution in [3.63, 3.8) is 0 Å². The van der Waals surface area contributed by atoms with Crippen molar-refractivity contribution < 1.29 is 4.39 Å². The second-order valence-corrected chi connectivity index (χ2v) is 4.44. The molecule has 0 fully saturated rings. The fourth-order valence-electron chi connectivity index (χ4n) is 1.70. The van der Waals surface area contributed by atoms with Gasteiger partial charge in [-0.15, -0.1) is 0 Å². The lowest BCUT2D eigenvalue weighted by Gasteiger charge is -2.15. The molecule has 0 amide bonds. The van der Waals surface area contributed by atoms with Gasteiger partial charge < -0.3 is 10.6 Å². The summed E-state index contributed by atoms with van der Waals surface area (Å²) in [5.41, 5.74) is 0.827. The third-order valence-corrected chi connectivity index (χ3v) is 2.76. The summed E-state index contributed by atoms with van der Waals surface area (Å²) in [4.78, 5) is 12.3. The number of aromatic nitrogens is 3. The minimum Gasteiger partial charge on any atom is -0.359 e. The molecule has 0 aliphatic carbocycles. The van der Waals surface area contributed by atoms with E-state index >= 15 is 0 Å². The van der Waals surface area contributed by atoms with Crippen molar-refractivity contribution in [1.29, 1.82) is 0 Å². The van der Waals surface area contributed by atoms with Crippen LogP contribution in [0.1, 0.15) is 32.0 Å². The molecule has 0 bridgehead atoms. The Kier molecular flexibility index (Phi) is 4.81. The van der Waals surface area contributed by atoms with E-state index in [0.29, 0.717) is 5.95 Å². The topological polar surface area (TPSA) is 62.7 Å². The normalized spacial score (nSPS) is 11.9. The Morgan fingerprint density at radius 1 is 1.30 bits per heavy atom. The van der Waals surface area contributed by atoms with Crippen LogP contribution in [0.2, 0.25) is 0 Å². The molecule has 0 spiro atoms. The third kappa shape index (κ3) is 3.63. The number of hydrogen-bond donors (Lipinski definition) is 2. The molecule has 6 heteroatoms. The number of anilines is 2. The molecule has 5 nitrogen and oxygen atoms in total. The number of nitrogens with one attached hydrogen (secondary N) is 2. The van der Waals surface area contributed by atoms with Crippen molar-refractivity contribution in [2.45, 2.75) is 26.3 Å². The van der Waals surface area contributed by atoms with Gasteiger partial charge in [0.15, 0.2) is 11.6 Å². The lowest BCUT2D eigenvalue weighted by molar-refractivity contribution is 0.613. The highest BCUT2D eigenvalue weighted by Gasteiger charge is 2.12. The molecule has 2 heterocycles. The summed E-state index contributed by atoms with van der Waals surface area (Å²) >= 11 is 0. The predicted molar refractivity (Wildman–Crippen MR) is 77.0 cm³/mol. The number of pyridine rings is 1. The molecule has 2 N–H and O–H groups in total. The van der Waals surface area contributed by atoms with Gasteiger partial charge in [-0.05, 0) is 25.5 Å². The number of nitrogens with zero attached hydrogens (tertiary/aromatic N) is 3. The summed E-state index contributed by atoms with van der Waals surface area (Å²) < 4.78 is 13.7. The molecule has 0 radical (unpaired) electrons. The van der Waals surface area contributed by atoms with Crippen LogP contribution in [0.25, 0.3) is 0 Å². The Labute approximate surface area is 117 Å². The molecule has 0 saturated carbocycles. The molecule has 0 aromatic carbocycles. The van der Waals surface area contributed by atoms with Crippen LogP contribution in [0.5, 0.6) is 0 Å². The predicted octanol–water partition coefficient (Wildman–Crippen LogP) is 3.01. The molecule has 1 unspecified atom stereocenters. The molecule has 0 saturated heterocycles. The molecule has 2 aromatic heterocycles. The third-order valence-electron chi connectivity index (χ3n) is 2.76. The van der Waals surface area contributed by atoms with Gasteiger partial charge in [-0.25, -0.2) is 9.37 Å². The number of rotatable bonds is 6. The van der Waals surface area contributed by atoms with E-state index in [4.69, 9.17) is 0 Å². The van der Waals surface area contributed by atoms with Crippen LogP contribution in [0.3, 0.4) is 0 Å². The second kappa shape index (κ2) is 6.79. The first-order chi connectivity index (χ1) is 9.70. The van der Waals surface area contributed by atoms with Crippen molar-refractivity contribution in [3.8, 4) is 0 Å². The maximum atomic E-state index is 13.7. The van der Waals surface area contributed by atoms with Crippen LogP contribution in [0.4, 0.5) is 16.2 Å². The molecule has 2 rings (SSSR count). The van der Waals surface area contributed by atoms with E-state index in [1.165, 1.54) is 6.20 Å². The summed E-state index contributed by atoms with van der Waals surface area (Å²) in [5, 5.41) is 6.05. The van der Waals surface area contributed by atoms with Crippen molar-refractivity contribution >= 4 is 11.8 Å². The quantitative estimate of drug-likeness (QED) is 0.848. The zero-order valence-electron chi connectivity index (χ0n) is 11.6. The first kappa shape index (κ1) is 14.2. The van der Waals surface area contributed by atoms with Gasteiger partial charge in [-0.2, -0.15) is 4.98 Å². The highest BCUT2D eigenvalue weighted by Crippen LogP contribution is 2.19. The van der Waals surface area contributed by atoms with Crippen LogP contribution < -0.4 is 10.6 Å².